The van der Waals surface area contributed by atoms with E-state index >= 15 is 0 Å². The van der Waals surface area contributed by atoms with Crippen LogP contribution in [0.2, 0.25) is 0 Å². The van der Waals surface area contributed by atoms with Crippen LogP contribution in [0.4, 0.5) is 0 Å². The highest BCUT2D eigenvalue weighted by Gasteiger charge is 2.14. The number of fused-ring (bicyclic) bond motifs is 1. The highest BCUT2D eigenvalue weighted by molar-refractivity contribution is 7.10. The van der Waals surface area contributed by atoms with Crippen LogP contribution in [0.3, 0.4) is 0 Å². The molecule has 0 spiro atoms. The van der Waals surface area contributed by atoms with Crippen molar-refractivity contribution in [1.82, 2.24) is 14.4 Å². The second-order valence-electron chi connectivity index (χ2n) is 5.85. The molecule has 0 amide bonds. The first-order valence-corrected chi connectivity index (χ1v) is 9.23. The molecular weight excluding hydrogens is 330 g/mol. The third-order valence-corrected chi connectivity index (χ3v) is 4.94. The summed E-state index contributed by atoms with van der Waals surface area (Å²) in [6.45, 7) is 4.72. The number of thiazole rings is 1. The number of hydrogen-bond acceptors (Lipinski definition) is 4. The molecule has 0 atom stereocenters. The summed E-state index contributed by atoms with van der Waals surface area (Å²) in [6.07, 6.45) is 2.86. The van der Waals surface area contributed by atoms with E-state index in [0.29, 0.717) is 6.61 Å². The Morgan fingerprint density at radius 3 is 2.72 bits per heavy atom. The van der Waals surface area contributed by atoms with Gasteiger partial charge in [0.1, 0.15) is 17.1 Å². The Morgan fingerprint density at radius 1 is 1.08 bits per heavy atom. The molecule has 0 aliphatic heterocycles. The van der Waals surface area contributed by atoms with E-state index in [0.717, 1.165) is 39.9 Å². The van der Waals surface area contributed by atoms with Crippen molar-refractivity contribution in [3.8, 4) is 17.1 Å². The lowest BCUT2D eigenvalue weighted by atomic mass is 10.1. The van der Waals surface area contributed by atoms with Gasteiger partial charge in [0.25, 0.3) is 0 Å². The number of aryl methyl sites for hydroxylation is 1. The number of hydrogen-bond donors (Lipinski definition) is 0. The summed E-state index contributed by atoms with van der Waals surface area (Å²) in [7, 11) is 0. The van der Waals surface area contributed by atoms with Crippen LogP contribution < -0.4 is 4.74 Å². The van der Waals surface area contributed by atoms with E-state index in [2.05, 4.69) is 26.9 Å². The van der Waals surface area contributed by atoms with E-state index < -0.39 is 0 Å². The maximum atomic E-state index is 5.50. The fourth-order valence-electron chi connectivity index (χ4n) is 2.97. The molecule has 5 heteroatoms. The number of benzene rings is 1. The molecule has 4 aromatic rings. The third-order valence-electron chi connectivity index (χ3n) is 4.09. The smallest absolute Gasteiger partial charge is 0.137 e. The Bertz CT molecular complexity index is 1000. The topological polar surface area (TPSA) is 39.4 Å². The number of ether oxygens (including phenoxy) is 1. The molecule has 0 unspecified atom stereocenters. The zero-order valence-electron chi connectivity index (χ0n) is 14.3. The number of aromatic nitrogens is 3. The van der Waals surface area contributed by atoms with Gasteiger partial charge in [-0.3, -0.25) is 4.40 Å². The lowest BCUT2D eigenvalue weighted by molar-refractivity contribution is 0.340. The summed E-state index contributed by atoms with van der Waals surface area (Å²) in [5, 5.41) is 3.22. The van der Waals surface area contributed by atoms with Crippen molar-refractivity contribution in [1.29, 1.82) is 0 Å². The molecule has 4 nitrogen and oxygen atoms in total. The van der Waals surface area contributed by atoms with Gasteiger partial charge in [-0.05, 0) is 43.7 Å². The summed E-state index contributed by atoms with van der Waals surface area (Å²) < 4.78 is 7.60. The molecule has 4 rings (SSSR count). The molecule has 0 N–H and O–H groups in total. The van der Waals surface area contributed by atoms with E-state index in [1.165, 1.54) is 5.56 Å². The predicted molar refractivity (Wildman–Crippen MR) is 101 cm³/mol. The highest BCUT2D eigenvalue weighted by atomic mass is 32.1. The van der Waals surface area contributed by atoms with Gasteiger partial charge in [0.05, 0.1) is 23.0 Å². The van der Waals surface area contributed by atoms with Gasteiger partial charge in [-0.1, -0.05) is 18.2 Å². The minimum absolute atomic E-state index is 0.688. The van der Waals surface area contributed by atoms with Gasteiger partial charge in [-0.25, -0.2) is 9.97 Å². The molecule has 0 saturated heterocycles. The first-order chi connectivity index (χ1) is 12.2. The number of pyridine rings is 1. The molecular formula is C20H19N3OS. The lowest BCUT2D eigenvalue weighted by Gasteiger charge is -2.03. The van der Waals surface area contributed by atoms with Gasteiger partial charge < -0.3 is 4.74 Å². The average Bonchev–Trinajstić information content (AvgIpc) is 3.19. The largest absolute Gasteiger partial charge is 0.494 e. The summed E-state index contributed by atoms with van der Waals surface area (Å²) in [4.78, 5) is 9.47. The first-order valence-electron chi connectivity index (χ1n) is 8.35. The number of imidazole rings is 1. The van der Waals surface area contributed by atoms with Gasteiger partial charge in [0.15, 0.2) is 0 Å². The van der Waals surface area contributed by atoms with Gasteiger partial charge in [0, 0.05) is 18.0 Å². The van der Waals surface area contributed by atoms with E-state index in [1.807, 2.05) is 50.4 Å². The van der Waals surface area contributed by atoms with Crippen molar-refractivity contribution in [2.24, 2.45) is 0 Å². The van der Waals surface area contributed by atoms with E-state index in [1.54, 1.807) is 11.3 Å². The Labute approximate surface area is 150 Å². The van der Waals surface area contributed by atoms with Gasteiger partial charge >= 0.3 is 0 Å². The van der Waals surface area contributed by atoms with Gasteiger partial charge in [-0.15, -0.1) is 11.3 Å². The summed E-state index contributed by atoms with van der Waals surface area (Å²) in [5.41, 5.74) is 5.26. The molecule has 0 bridgehead atoms. The van der Waals surface area contributed by atoms with Crippen molar-refractivity contribution in [2.45, 2.75) is 20.3 Å². The van der Waals surface area contributed by atoms with Crippen LogP contribution in [0.15, 0.2) is 54.0 Å². The molecule has 1 aromatic carbocycles. The molecule has 0 fully saturated rings. The van der Waals surface area contributed by atoms with Crippen LogP contribution in [-0.2, 0) is 6.42 Å². The Balaban J connectivity index is 1.60. The Hall–Kier alpha value is -2.66. The molecule has 3 heterocycles. The standard InChI is InChI=1S/C20H19N3OS/c1-3-24-16-9-7-15(8-10-16)12-19-22-17(13-25-19)20-14(2)21-18-6-4-5-11-23(18)20/h4-11,13H,3,12H2,1-2H3. The quantitative estimate of drug-likeness (QED) is 0.522. The maximum Gasteiger partial charge on any atom is 0.137 e. The van der Waals surface area contributed by atoms with Crippen LogP contribution in [0.25, 0.3) is 17.0 Å². The molecule has 126 valence electrons. The zero-order chi connectivity index (χ0) is 17.2. The summed E-state index contributed by atoms with van der Waals surface area (Å²) in [6, 6.07) is 14.3. The number of rotatable bonds is 5. The third kappa shape index (κ3) is 3.15. The fourth-order valence-corrected chi connectivity index (χ4v) is 3.78. The van der Waals surface area contributed by atoms with Crippen LogP contribution in [0.1, 0.15) is 23.2 Å². The highest BCUT2D eigenvalue weighted by Crippen LogP contribution is 2.27. The van der Waals surface area contributed by atoms with Crippen molar-refractivity contribution < 1.29 is 4.74 Å². The van der Waals surface area contributed by atoms with Crippen LogP contribution in [0.5, 0.6) is 5.75 Å². The van der Waals surface area contributed by atoms with Crippen molar-refractivity contribution in [3.05, 3.63) is 70.3 Å². The van der Waals surface area contributed by atoms with Gasteiger partial charge in [-0.2, -0.15) is 0 Å². The van der Waals surface area contributed by atoms with Crippen LogP contribution in [-0.4, -0.2) is 21.0 Å². The van der Waals surface area contributed by atoms with Crippen LogP contribution in [0, 0.1) is 6.92 Å². The van der Waals surface area contributed by atoms with Gasteiger partial charge in [0.2, 0.25) is 0 Å². The monoisotopic (exact) mass is 349 g/mol. The molecule has 0 radical (unpaired) electrons. The Kier molecular flexibility index (Phi) is 4.24. The number of nitrogens with zero attached hydrogens (tertiary/aromatic N) is 3. The lowest BCUT2D eigenvalue weighted by Crippen LogP contribution is -1.93. The zero-order valence-corrected chi connectivity index (χ0v) is 15.1. The summed E-state index contributed by atoms with van der Waals surface area (Å²) in [5.74, 6) is 0.910. The van der Waals surface area contributed by atoms with E-state index in [9.17, 15) is 0 Å². The molecule has 3 aromatic heterocycles. The second kappa shape index (κ2) is 6.69. The fraction of sp³-hybridized carbons (Fsp3) is 0.200. The predicted octanol–water partition coefficient (Wildman–Crippen LogP) is 4.76. The minimum Gasteiger partial charge on any atom is -0.494 e. The minimum atomic E-state index is 0.688. The van der Waals surface area contributed by atoms with E-state index in [4.69, 9.17) is 9.72 Å². The molecule has 25 heavy (non-hydrogen) atoms. The molecule has 0 aliphatic carbocycles. The molecule has 0 saturated carbocycles. The summed E-state index contributed by atoms with van der Waals surface area (Å²) >= 11 is 1.69. The van der Waals surface area contributed by atoms with E-state index in [-0.39, 0.29) is 0 Å². The van der Waals surface area contributed by atoms with Crippen LogP contribution >= 0.6 is 11.3 Å². The van der Waals surface area contributed by atoms with Crippen molar-refractivity contribution in [3.63, 3.8) is 0 Å². The molecule has 0 aliphatic rings. The Morgan fingerprint density at radius 2 is 1.92 bits per heavy atom. The maximum absolute atomic E-state index is 5.50. The SMILES string of the molecule is CCOc1ccc(Cc2nc(-c3c(C)nc4ccccn34)cs2)cc1. The van der Waals surface area contributed by atoms with Crippen molar-refractivity contribution >= 4 is 17.0 Å². The first kappa shape index (κ1) is 15.8. The normalized spacial score (nSPS) is 11.1. The van der Waals surface area contributed by atoms with Crippen molar-refractivity contribution in [2.75, 3.05) is 6.61 Å². The average molecular weight is 349 g/mol. The second-order valence-corrected chi connectivity index (χ2v) is 6.80.